The molecule has 3 atom stereocenters. The molecule has 13 heteroatoms. The average molecular weight is 557 g/mol. The Kier molecular flexibility index (Phi) is 9.61. The Morgan fingerprint density at radius 2 is 2.05 bits per heavy atom. The topological polar surface area (TPSA) is 129 Å². The quantitative estimate of drug-likeness (QED) is 0.214. The van der Waals surface area contributed by atoms with Gasteiger partial charge in [-0.1, -0.05) is 39.5 Å². The molecule has 2 saturated heterocycles. The molecule has 2 amide bonds. The fraction of sp³-hybridized carbons (Fsp3) is 0.760. The van der Waals surface area contributed by atoms with Gasteiger partial charge in [0.2, 0.25) is 23.4 Å². The van der Waals surface area contributed by atoms with Crippen LogP contribution in [0, 0.1) is 23.1 Å². The summed E-state index contributed by atoms with van der Waals surface area (Å²) < 4.78 is 20.9. The van der Waals surface area contributed by atoms with E-state index in [4.69, 9.17) is 21.2 Å². The average Bonchev–Trinajstić information content (AvgIpc) is 3.50. The Balaban J connectivity index is 1.43. The van der Waals surface area contributed by atoms with E-state index in [9.17, 15) is 14.7 Å². The number of aliphatic hydroxyl groups is 1. The number of carbonyl (C=O) groups excluding carboxylic acids is 2. The van der Waals surface area contributed by atoms with Crippen molar-refractivity contribution < 1.29 is 28.7 Å². The second kappa shape index (κ2) is 12.7. The van der Waals surface area contributed by atoms with Gasteiger partial charge in [0.05, 0.1) is 18.6 Å². The van der Waals surface area contributed by atoms with Crippen molar-refractivity contribution in [2.45, 2.75) is 77.6 Å². The molecule has 0 aromatic carbocycles. The second-order valence-electron chi connectivity index (χ2n) is 11.2. The molecule has 38 heavy (non-hydrogen) atoms. The van der Waals surface area contributed by atoms with E-state index < -0.39 is 35.5 Å². The molecule has 0 spiro atoms. The van der Waals surface area contributed by atoms with Gasteiger partial charge >= 0.3 is 0 Å². The van der Waals surface area contributed by atoms with Gasteiger partial charge in [0.1, 0.15) is 0 Å². The molecular formula is C25H38ClFN6O5. The molecule has 1 unspecified atom stereocenters. The van der Waals surface area contributed by atoms with Crippen molar-refractivity contribution in [1.29, 1.82) is 0 Å². The summed E-state index contributed by atoms with van der Waals surface area (Å²) in [5.41, 5.74) is 4.65. The lowest BCUT2D eigenvalue weighted by Gasteiger charge is -2.30. The molecule has 1 aliphatic carbocycles. The van der Waals surface area contributed by atoms with Crippen LogP contribution in [-0.4, -0.2) is 71.1 Å². The summed E-state index contributed by atoms with van der Waals surface area (Å²) in [5, 5.41) is 11.2. The van der Waals surface area contributed by atoms with Crippen molar-refractivity contribution in [1.82, 2.24) is 20.5 Å². The molecule has 2 aliphatic heterocycles. The van der Waals surface area contributed by atoms with Gasteiger partial charge < -0.3 is 14.7 Å². The summed E-state index contributed by atoms with van der Waals surface area (Å²) in [6.45, 7) is 4.94. The van der Waals surface area contributed by atoms with E-state index in [1.807, 2.05) is 13.8 Å². The number of hydrogen-bond donors (Lipinski definition) is 3. The third-order valence-corrected chi connectivity index (χ3v) is 7.85. The molecule has 1 aromatic heterocycles. The number of rotatable bonds is 11. The zero-order valence-electron chi connectivity index (χ0n) is 22.0. The van der Waals surface area contributed by atoms with E-state index in [1.165, 1.54) is 0 Å². The molecule has 3 fully saturated rings. The van der Waals surface area contributed by atoms with Crippen LogP contribution in [0.5, 0.6) is 0 Å². The number of aromatic nitrogens is 2. The van der Waals surface area contributed by atoms with Gasteiger partial charge in [-0.3, -0.25) is 20.4 Å². The van der Waals surface area contributed by atoms with E-state index in [1.54, 1.807) is 4.90 Å². The minimum atomic E-state index is -0.792. The van der Waals surface area contributed by atoms with Crippen LogP contribution in [0.15, 0.2) is 0 Å². The number of carbonyl (C=O) groups is 2. The molecule has 1 saturated carbocycles. The van der Waals surface area contributed by atoms with Gasteiger partial charge in [0.15, 0.2) is 17.9 Å². The highest BCUT2D eigenvalue weighted by atomic mass is 35.5. The van der Waals surface area contributed by atoms with Crippen LogP contribution in [-0.2, 0) is 19.2 Å². The number of ether oxygens (including phenoxy) is 1. The van der Waals surface area contributed by atoms with Crippen LogP contribution in [0.3, 0.4) is 0 Å². The minimum Gasteiger partial charge on any atom is -0.391 e. The van der Waals surface area contributed by atoms with Crippen molar-refractivity contribution in [2.24, 2.45) is 17.3 Å². The van der Waals surface area contributed by atoms with Crippen LogP contribution in [0.1, 0.15) is 65.2 Å². The van der Waals surface area contributed by atoms with E-state index in [0.717, 1.165) is 43.6 Å². The van der Waals surface area contributed by atoms with Crippen LogP contribution in [0.25, 0.3) is 0 Å². The van der Waals surface area contributed by atoms with Crippen molar-refractivity contribution in [3.63, 3.8) is 0 Å². The standard InChI is InChI=1S/C25H38ClFN6O5/c1-25(2)14-32(13-18(25)35)22-20(27)21(28-24(26)29-22)30-31-23(36)17(11-16-7-3-4-8-16)12-33(15-34)38-19-9-5-6-10-37-19/h15-19,35H,3-14H2,1-2H3,(H,31,36)(H,28,29,30)/t17-,18+,19?/m0/s1. The number of hydrazine groups is 1. The molecule has 11 nitrogen and oxygen atoms in total. The maximum absolute atomic E-state index is 15.4. The SMILES string of the molecule is CC1(C)CN(c2nc(Cl)nc(NNC(=O)[C@@H](CC3CCCC3)CN(C=O)OC3CCCCO3)c2F)C[C@H]1O. The van der Waals surface area contributed by atoms with Crippen molar-refractivity contribution in [3.8, 4) is 0 Å². The Labute approximate surface area is 227 Å². The normalized spacial score (nSPS) is 24.3. The third-order valence-electron chi connectivity index (χ3n) is 7.68. The van der Waals surface area contributed by atoms with Crippen molar-refractivity contribution in [2.75, 3.05) is 36.6 Å². The van der Waals surface area contributed by atoms with E-state index in [2.05, 4.69) is 20.8 Å². The van der Waals surface area contributed by atoms with Crippen LogP contribution >= 0.6 is 11.6 Å². The van der Waals surface area contributed by atoms with Crippen LogP contribution < -0.4 is 15.8 Å². The number of amides is 2. The molecule has 3 heterocycles. The van der Waals surface area contributed by atoms with Gasteiger partial charge in [0, 0.05) is 31.5 Å². The summed E-state index contributed by atoms with van der Waals surface area (Å²) >= 11 is 6.07. The smallest absolute Gasteiger partial charge is 0.243 e. The highest BCUT2D eigenvalue weighted by molar-refractivity contribution is 6.28. The molecule has 3 N–H and O–H groups in total. The first kappa shape index (κ1) is 28.7. The van der Waals surface area contributed by atoms with Crippen molar-refractivity contribution in [3.05, 3.63) is 11.1 Å². The number of aliphatic hydroxyl groups excluding tert-OH is 1. The van der Waals surface area contributed by atoms with Crippen molar-refractivity contribution >= 4 is 35.6 Å². The lowest BCUT2D eigenvalue weighted by molar-refractivity contribution is -0.276. The summed E-state index contributed by atoms with van der Waals surface area (Å²) in [4.78, 5) is 40.3. The first-order valence-corrected chi connectivity index (χ1v) is 13.8. The third kappa shape index (κ3) is 7.22. The first-order chi connectivity index (χ1) is 18.2. The first-order valence-electron chi connectivity index (χ1n) is 13.4. The second-order valence-corrected chi connectivity index (χ2v) is 11.5. The molecule has 4 rings (SSSR count). The van der Waals surface area contributed by atoms with E-state index in [-0.39, 0.29) is 30.0 Å². The number of halogens is 2. The van der Waals surface area contributed by atoms with Crippen LogP contribution in [0.2, 0.25) is 5.28 Å². The van der Waals surface area contributed by atoms with E-state index >= 15 is 4.39 Å². The number of anilines is 2. The fourth-order valence-corrected chi connectivity index (χ4v) is 5.55. The summed E-state index contributed by atoms with van der Waals surface area (Å²) in [6, 6.07) is 0. The highest BCUT2D eigenvalue weighted by Gasteiger charge is 2.40. The molecular weight excluding hydrogens is 519 g/mol. The Hall–Kier alpha value is -2.28. The fourth-order valence-electron chi connectivity index (χ4n) is 5.39. The predicted molar refractivity (Wildman–Crippen MR) is 138 cm³/mol. The monoisotopic (exact) mass is 556 g/mol. The highest BCUT2D eigenvalue weighted by Crippen LogP contribution is 2.35. The summed E-state index contributed by atoms with van der Waals surface area (Å²) in [5.74, 6) is -1.81. The van der Waals surface area contributed by atoms with Gasteiger partial charge in [0.25, 0.3) is 0 Å². The van der Waals surface area contributed by atoms with Gasteiger partial charge in [-0.15, -0.1) is 0 Å². The summed E-state index contributed by atoms with van der Waals surface area (Å²) in [7, 11) is 0. The van der Waals surface area contributed by atoms with Crippen LogP contribution in [0.4, 0.5) is 16.0 Å². The summed E-state index contributed by atoms with van der Waals surface area (Å²) in [6.07, 6.45) is 6.74. The van der Waals surface area contributed by atoms with E-state index in [0.29, 0.717) is 38.3 Å². The molecule has 0 bridgehead atoms. The number of β-amino-alcohol motifs (C(OH)–C–C–N with tert-alkyl or cyclic N) is 1. The Bertz CT molecular complexity index is 976. The lowest BCUT2D eigenvalue weighted by Crippen LogP contribution is -2.43. The number of hydrogen-bond acceptors (Lipinski definition) is 9. The Morgan fingerprint density at radius 1 is 1.32 bits per heavy atom. The number of nitrogens with one attached hydrogen (secondary N) is 2. The lowest BCUT2D eigenvalue weighted by atomic mass is 9.90. The molecule has 0 radical (unpaired) electrons. The Morgan fingerprint density at radius 3 is 2.68 bits per heavy atom. The predicted octanol–water partition coefficient (Wildman–Crippen LogP) is 3.03. The van der Waals surface area contributed by atoms with Gasteiger partial charge in [-0.25, -0.2) is 9.90 Å². The maximum atomic E-state index is 15.4. The zero-order valence-corrected chi connectivity index (χ0v) is 22.8. The number of hydroxylamine groups is 2. The zero-order chi connectivity index (χ0) is 27.3. The number of nitrogens with zero attached hydrogens (tertiary/aromatic N) is 4. The molecule has 1 aromatic rings. The van der Waals surface area contributed by atoms with Gasteiger partial charge in [-0.2, -0.15) is 14.4 Å². The maximum Gasteiger partial charge on any atom is 0.243 e. The van der Waals surface area contributed by atoms with Gasteiger partial charge in [-0.05, 0) is 36.8 Å². The molecule has 212 valence electrons. The molecule has 3 aliphatic rings. The largest absolute Gasteiger partial charge is 0.391 e. The minimum absolute atomic E-state index is 0.0341.